The summed E-state index contributed by atoms with van der Waals surface area (Å²) < 4.78 is 28.0. The lowest BCUT2D eigenvalue weighted by Crippen LogP contribution is -2.31. The Bertz CT molecular complexity index is 360. The highest BCUT2D eigenvalue weighted by atomic mass is 35.5. The van der Waals surface area contributed by atoms with Gasteiger partial charge in [-0.1, -0.05) is 17.7 Å². The lowest BCUT2D eigenvalue weighted by atomic mass is 9.79. The van der Waals surface area contributed by atoms with Crippen molar-refractivity contribution >= 4 is 24.2 Å². The lowest BCUT2D eigenvalue weighted by Gasteiger charge is -2.11. The summed E-state index contributed by atoms with van der Waals surface area (Å²) in [5.41, 5.74) is 0.401. The molecule has 0 radical (unpaired) electrons. The molecule has 82 valence electrons. The maximum Gasteiger partial charge on any atom is 0.489 e. The number of benzene rings is 1. The number of ether oxygens (including phenoxy) is 1. The summed E-state index contributed by atoms with van der Waals surface area (Å²) >= 11 is 5.63. The van der Waals surface area contributed by atoms with Gasteiger partial charge in [-0.05, 0) is 18.6 Å². The Balaban J connectivity index is 3.08. The van der Waals surface area contributed by atoms with Crippen molar-refractivity contribution in [1.29, 1.82) is 0 Å². The number of halogens is 3. The van der Waals surface area contributed by atoms with Gasteiger partial charge in [-0.25, -0.2) is 0 Å². The minimum Gasteiger partial charge on any atom is -0.435 e. The van der Waals surface area contributed by atoms with Gasteiger partial charge in [0.15, 0.2) is 0 Å². The van der Waals surface area contributed by atoms with Gasteiger partial charge >= 0.3 is 13.7 Å². The van der Waals surface area contributed by atoms with E-state index in [1.54, 1.807) is 0 Å². The van der Waals surface area contributed by atoms with E-state index in [4.69, 9.17) is 21.6 Å². The van der Waals surface area contributed by atoms with E-state index >= 15 is 0 Å². The Morgan fingerprint density at radius 2 is 2.00 bits per heavy atom. The molecule has 0 fully saturated rings. The van der Waals surface area contributed by atoms with Crippen LogP contribution in [0.2, 0.25) is 5.02 Å². The third-order valence-electron chi connectivity index (χ3n) is 1.79. The van der Waals surface area contributed by atoms with Gasteiger partial charge in [0, 0.05) is 10.5 Å². The first-order valence-electron chi connectivity index (χ1n) is 4.03. The molecule has 0 saturated heterocycles. The van der Waals surface area contributed by atoms with Crippen molar-refractivity contribution in [2.75, 3.05) is 0 Å². The number of aryl methyl sites for hydroxylation is 1. The number of hydrogen-bond acceptors (Lipinski definition) is 3. The largest absolute Gasteiger partial charge is 0.489 e. The molecule has 0 saturated carbocycles. The third-order valence-corrected chi connectivity index (χ3v) is 2.12. The van der Waals surface area contributed by atoms with Crippen LogP contribution in [0, 0.1) is 6.92 Å². The summed E-state index contributed by atoms with van der Waals surface area (Å²) in [6.45, 7) is -1.44. The molecule has 0 unspecified atom stereocenters. The van der Waals surface area contributed by atoms with Gasteiger partial charge in [-0.2, -0.15) is 8.78 Å². The second-order valence-corrected chi connectivity index (χ2v) is 3.30. The zero-order valence-corrected chi connectivity index (χ0v) is 8.50. The zero-order chi connectivity index (χ0) is 11.6. The number of hydrogen-bond donors (Lipinski definition) is 2. The van der Waals surface area contributed by atoms with Crippen LogP contribution in [0.3, 0.4) is 0 Å². The Labute approximate surface area is 90.4 Å². The van der Waals surface area contributed by atoms with Crippen LogP contribution in [0.15, 0.2) is 12.1 Å². The lowest BCUT2D eigenvalue weighted by molar-refractivity contribution is -0.0502. The monoisotopic (exact) mass is 236 g/mol. The normalized spacial score (nSPS) is 10.6. The van der Waals surface area contributed by atoms with Gasteiger partial charge in [0.05, 0.1) is 0 Å². The quantitative estimate of drug-likeness (QED) is 0.768. The maximum atomic E-state index is 11.9. The molecule has 7 heteroatoms. The van der Waals surface area contributed by atoms with Crippen LogP contribution >= 0.6 is 11.6 Å². The molecule has 0 aliphatic heterocycles. The highest BCUT2D eigenvalue weighted by molar-refractivity contribution is 6.62. The minimum absolute atomic E-state index is 0.0359. The Hall–Kier alpha value is -0.845. The topological polar surface area (TPSA) is 49.7 Å². The molecule has 2 N–H and O–H groups in total. The van der Waals surface area contributed by atoms with Crippen LogP contribution in [0.1, 0.15) is 5.56 Å². The van der Waals surface area contributed by atoms with Crippen molar-refractivity contribution in [2.45, 2.75) is 13.5 Å². The second-order valence-electron chi connectivity index (χ2n) is 2.89. The van der Waals surface area contributed by atoms with Crippen LogP contribution in [0.5, 0.6) is 5.75 Å². The predicted octanol–water partition coefficient (Wildman–Crippen LogP) is 0.930. The average Bonchev–Trinajstić information content (AvgIpc) is 2.09. The Kier molecular flexibility index (Phi) is 3.90. The van der Waals surface area contributed by atoms with E-state index in [9.17, 15) is 8.78 Å². The van der Waals surface area contributed by atoms with Crippen LogP contribution in [0.25, 0.3) is 0 Å². The molecular formula is C8H8BClF2O3. The van der Waals surface area contributed by atoms with E-state index in [0.717, 1.165) is 6.07 Å². The molecule has 15 heavy (non-hydrogen) atoms. The molecule has 3 nitrogen and oxygen atoms in total. The highest BCUT2D eigenvalue weighted by Gasteiger charge is 2.18. The summed E-state index contributed by atoms with van der Waals surface area (Å²) in [7, 11) is -1.74. The molecule has 0 spiro atoms. The first-order chi connectivity index (χ1) is 6.91. The molecule has 0 amide bonds. The van der Waals surface area contributed by atoms with E-state index in [2.05, 4.69) is 4.74 Å². The van der Waals surface area contributed by atoms with E-state index in [1.807, 2.05) is 0 Å². The summed E-state index contributed by atoms with van der Waals surface area (Å²) in [6, 6.07) is 2.41. The van der Waals surface area contributed by atoms with Gasteiger partial charge in [-0.3, -0.25) is 0 Å². The second kappa shape index (κ2) is 4.78. The van der Waals surface area contributed by atoms with Gasteiger partial charge in [0.1, 0.15) is 5.75 Å². The van der Waals surface area contributed by atoms with Crippen molar-refractivity contribution in [2.24, 2.45) is 0 Å². The van der Waals surface area contributed by atoms with Gasteiger partial charge in [0.2, 0.25) is 0 Å². The molecular weight excluding hydrogens is 228 g/mol. The average molecular weight is 236 g/mol. The fourth-order valence-electron chi connectivity index (χ4n) is 1.11. The van der Waals surface area contributed by atoms with Crippen molar-refractivity contribution in [3.63, 3.8) is 0 Å². The van der Waals surface area contributed by atoms with E-state index < -0.39 is 13.7 Å². The molecule has 1 aromatic rings. The summed E-state index contributed by atoms with van der Waals surface area (Å²) in [5, 5.41) is 17.7. The molecule has 0 aromatic heterocycles. The molecule has 0 atom stereocenters. The molecule has 0 bridgehead atoms. The third kappa shape index (κ3) is 3.05. The Morgan fingerprint density at radius 1 is 1.40 bits per heavy atom. The van der Waals surface area contributed by atoms with Crippen LogP contribution in [0.4, 0.5) is 8.78 Å². The zero-order valence-electron chi connectivity index (χ0n) is 7.75. The van der Waals surface area contributed by atoms with Gasteiger partial charge < -0.3 is 14.8 Å². The van der Waals surface area contributed by atoms with Crippen molar-refractivity contribution in [3.8, 4) is 5.75 Å². The smallest absolute Gasteiger partial charge is 0.435 e. The first-order valence-corrected chi connectivity index (χ1v) is 4.40. The van der Waals surface area contributed by atoms with Crippen molar-refractivity contribution < 1.29 is 23.6 Å². The first kappa shape index (κ1) is 12.2. The fraction of sp³-hybridized carbons (Fsp3) is 0.250. The number of alkyl halides is 2. The Morgan fingerprint density at radius 3 is 2.47 bits per heavy atom. The maximum absolute atomic E-state index is 11.9. The van der Waals surface area contributed by atoms with E-state index in [1.165, 1.54) is 13.0 Å². The molecule has 0 aliphatic carbocycles. The van der Waals surface area contributed by atoms with Crippen LogP contribution in [-0.2, 0) is 0 Å². The summed E-state index contributed by atoms with van der Waals surface area (Å²) in [4.78, 5) is 0. The van der Waals surface area contributed by atoms with Crippen LogP contribution in [-0.4, -0.2) is 23.8 Å². The van der Waals surface area contributed by atoms with Crippen molar-refractivity contribution in [1.82, 2.24) is 0 Å². The standard InChI is InChI=1S/C8H8BClF2O3/c1-4-2-5(9(13)14)6(10)3-7(4)15-8(11)12/h2-3,8,13-14H,1H3. The number of rotatable bonds is 3. The SMILES string of the molecule is Cc1cc(B(O)O)c(Cl)cc1OC(F)F. The fourth-order valence-corrected chi connectivity index (χ4v) is 1.36. The molecule has 1 rings (SSSR count). The molecule has 0 aliphatic rings. The summed E-state index contributed by atoms with van der Waals surface area (Å²) in [5.74, 6) is -0.0839. The predicted molar refractivity (Wildman–Crippen MR) is 52.6 cm³/mol. The van der Waals surface area contributed by atoms with Gasteiger partial charge in [0.25, 0.3) is 0 Å². The molecule has 1 aromatic carbocycles. The van der Waals surface area contributed by atoms with Crippen LogP contribution < -0.4 is 10.2 Å². The van der Waals surface area contributed by atoms with E-state index in [-0.39, 0.29) is 16.2 Å². The van der Waals surface area contributed by atoms with Gasteiger partial charge in [-0.15, -0.1) is 0 Å². The van der Waals surface area contributed by atoms with Crippen molar-refractivity contribution in [3.05, 3.63) is 22.7 Å². The van der Waals surface area contributed by atoms with E-state index in [0.29, 0.717) is 5.56 Å². The minimum atomic E-state index is -2.94. The summed E-state index contributed by atoms with van der Waals surface area (Å²) in [6.07, 6.45) is 0. The molecule has 0 heterocycles. The highest BCUT2D eigenvalue weighted by Crippen LogP contribution is 2.23.